The molecule has 2 heterocycles. The first-order valence-corrected chi connectivity index (χ1v) is 47.6. The van der Waals surface area contributed by atoms with Gasteiger partial charge in [-0.25, -0.2) is 0 Å². The van der Waals surface area contributed by atoms with E-state index in [2.05, 4.69) is 84.7 Å². The SMILES string of the molecule is CC(=O)N[C@@H](CC(C)C)C(=O)N[C@H](C(=O)N[C@@H](Cc1ccccc1)C(=O)N[C@]1(C)CCCCCC/C=C/CCC[C@@](C)(C(=O)NC(C)C(=O)N[C@@H](C)C(=O)NC(C)C(=O)N[C@@H](C)C(=O)C(=O)[C@H](C)NC[C@H](C)C(N)=O)NC(=O)[C@H](CC2CCC2)CN[C@@H](CCC(N)=O)C(=O)C(=O)C(C)NC(=O)[C@H](Cc2c[nH]c3ccccc23)NC(=O)C(Cc2ccc(O)cc2)NC(=O)[C@H](CCC(=O)O)NC1=O)[C@@H](C)O. The van der Waals surface area contributed by atoms with Crippen molar-refractivity contribution in [1.29, 1.82) is 0 Å². The molecule has 762 valence electrons. The number of aromatic amines is 1. The molecule has 1 aromatic heterocycles. The summed E-state index contributed by atoms with van der Waals surface area (Å²) in [6.07, 6.45) is 5.36. The molecule has 0 spiro atoms. The number of nitrogens with one attached hydrogen (secondary N) is 16. The number of amides is 15. The molecule has 15 amide bonds. The summed E-state index contributed by atoms with van der Waals surface area (Å²) in [7, 11) is 0. The zero-order valence-corrected chi connectivity index (χ0v) is 81.6. The van der Waals surface area contributed by atoms with Gasteiger partial charge in [0.05, 0.1) is 36.2 Å². The van der Waals surface area contributed by atoms with Crippen LogP contribution in [-0.2, 0) is 115 Å². The lowest BCUT2D eigenvalue weighted by Gasteiger charge is -2.35. The number of allylic oxidation sites excluding steroid dienone is 2. The molecule has 4 unspecified atom stereocenters. The van der Waals surface area contributed by atoms with Crippen molar-refractivity contribution in [2.75, 3.05) is 13.1 Å². The highest BCUT2D eigenvalue weighted by atomic mass is 16.4. The number of benzene rings is 3. The maximum atomic E-state index is 15.6. The number of phenolic OH excluding ortho intramolecular Hbond substituents is 1. The summed E-state index contributed by atoms with van der Waals surface area (Å²) in [4.78, 5) is 284. The summed E-state index contributed by atoms with van der Waals surface area (Å²) in [6, 6.07) is 1.21. The first-order chi connectivity index (χ1) is 65.5. The van der Waals surface area contributed by atoms with Crippen LogP contribution in [0.25, 0.3) is 10.9 Å². The van der Waals surface area contributed by atoms with E-state index in [4.69, 9.17) is 11.5 Å². The molecule has 0 radical (unpaired) electrons. The second kappa shape index (κ2) is 55.4. The van der Waals surface area contributed by atoms with Gasteiger partial charge in [-0.1, -0.05) is 132 Å². The smallest absolute Gasteiger partial charge is 0.303 e. The average Bonchev–Trinajstić information content (AvgIpc) is 1.38. The highest BCUT2D eigenvalue weighted by Gasteiger charge is 2.44. The summed E-state index contributed by atoms with van der Waals surface area (Å²) in [5.74, 6) is -21.2. The Morgan fingerprint density at radius 3 is 1.69 bits per heavy atom. The Balaban J connectivity index is 1.39. The van der Waals surface area contributed by atoms with Gasteiger partial charge in [0.25, 0.3) is 0 Å². The number of rotatable bonds is 39. The quantitative estimate of drug-likeness (QED) is 0.0218. The molecule has 41 heteroatoms. The first kappa shape index (κ1) is 115. The molecule has 4 aromatic rings. The number of nitrogens with two attached hydrogens (primary N) is 2. The van der Waals surface area contributed by atoms with Crippen LogP contribution >= 0.6 is 0 Å². The molecule has 1 aliphatic heterocycles. The number of fused-ring (bicyclic) bond motifs is 1. The monoisotopic (exact) mass is 1940 g/mol. The number of hydrogen-bond donors (Lipinski definition) is 21. The van der Waals surface area contributed by atoms with Gasteiger partial charge in [-0.05, 0) is 173 Å². The molecule has 139 heavy (non-hydrogen) atoms. The number of aromatic nitrogens is 1. The molecule has 1 aliphatic carbocycles. The standard InChI is InChI=1S/C98H142N18O23/c1-53(2)45-73(109-62(11)118)92(135)114-79(61(10)117)94(137)112-75(47-64-29-22-21-23-30-64)93(136)116-98(13)44-27-20-18-16-14-15-17-19-26-43-97(12,95(138)108-60(9)87(130)107-59(8)86(129)106-58(7)85(128)104-56(5)81(124)80(123)55(4)101-50-54(3)84(100)127)115-88(131)67(46-63-31-28-32-63)52-103-71(39-41-77(99)120)83(126)82(125)57(6)105-90(133)76(49-66-51-102-70-34-25-24-33-69(66)70)111-91(134)74(48-65-35-37-68(119)38-36-65)110-89(132)72(113-96(98)139)40-42-78(121)122/h15,17,21-25,29-30,33-38,51,53-61,63,67,71-76,79,101-103,117,119H,14,16,18-20,26-28,31-32,39-50,52H2,1-13H3,(H2,99,120)(H2,100,127)(H,104,128)(H,105,133)(H,106,129)(H,107,130)(H,108,138)(H,109,118)(H,110,132)(H,111,134)(H,112,137)(H,113,139)(H,114,135)(H,115,131)(H,116,136)(H,121,122)/b17-15+/t54-,55-,56-,57?,58?,59-,60?,61+,67+,71-,72-,73-,74?,75-,76-,79-,97-,98+/m0/s1. The van der Waals surface area contributed by atoms with Crippen LogP contribution in [0, 0.1) is 23.7 Å². The van der Waals surface area contributed by atoms with Crippen LogP contribution in [0.3, 0.4) is 0 Å². The zero-order valence-electron chi connectivity index (χ0n) is 81.6. The first-order valence-electron chi connectivity index (χ1n) is 47.6. The number of carboxylic acids is 1. The number of carbonyl (C=O) groups is 20. The van der Waals surface area contributed by atoms with Crippen LogP contribution < -0.4 is 91.2 Å². The average molecular weight is 1940 g/mol. The number of carbonyl (C=O) groups excluding carboxylic acids is 19. The van der Waals surface area contributed by atoms with Gasteiger partial charge in [-0.3, -0.25) is 95.9 Å². The highest BCUT2D eigenvalue weighted by Crippen LogP contribution is 2.33. The van der Waals surface area contributed by atoms with E-state index in [0.717, 1.165) is 6.42 Å². The number of phenols is 1. The van der Waals surface area contributed by atoms with Gasteiger partial charge in [0.15, 0.2) is 0 Å². The van der Waals surface area contributed by atoms with Crippen LogP contribution in [-0.4, -0.2) is 247 Å². The summed E-state index contributed by atoms with van der Waals surface area (Å²) in [5, 5.41) is 72.1. The number of aromatic hydroxyl groups is 1. The van der Waals surface area contributed by atoms with Crippen molar-refractivity contribution < 1.29 is 111 Å². The van der Waals surface area contributed by atoms with E-state index in [1.807, 2.05) is 12.2 Å². The van der Waals surface area contributed by atoms with E-state index < -0.39 is 257 Å². The fraction of sp³-hybridized carbons (Fsp3) is 0.571. The molecular formula is C98H142N18O23. The number of aliphatic hydroxyl groups is 1. The molecule has 1 fully saturated rings. The van der Waals surface area contributed by atoms with E-state index in [1.54, 1.807) is 74.6 Å². The zero-order chi connectivity index (χ0) is 103. The van der Waals surface area contributed by atoms with E-state index >= 15 is 33.6 Å². The maximum absolute atomic E-state index is 15.6. The Labute approximate surface area is 809 Å². The number of para-hydroxylation sites is 1. The van der Waals surface area contributed by atoms with E-state index in [1.165, 1.54) is 100 Å². The van der Waals surface area contributed by atoms with Gasteiger partial charge in [0.1, 0.15) is 71.2 Å². The fourth-order valence-electron chi connectivity index (χ4n) is 15.9. The Morgan fingerprint density at radius 2 is 1.10 bits per heavy atom. The van der Waals surface area contributed by atoms with Crippen LogP contribution in [0.15, 0.2) is 97.2 Å². The number of carboxylic acid groups (broad SMARTS) is 1. The predicted octanol–water partition coefficient (Wildman–Crippen LogP) is 0.882. The lowest BCUT2D eigenvalue weighted by atomic mass is 9.78. The summed E-state index contributed by atoms with van der Waals surface area (Å²) in [6.45, 7) is 17.8. The van der Waals surface area contributed by atoms with Crippen molar-refractivity contribution in [3.63, 3.8) is 0 Å². The Morgan fingerprint density at radius 1 is 0.532 bits per heavy atom. The molecular weight excluding hydrogens is 1800 g/mol. The second-order valence-electron chi connectivity index (χ2n) is 37.5. The van der Waals surface area contributed by atoms with Crippen LogP contribution in [0.1, 0.15) is 222 Å². The molecule has 3 aromatic carbocycles. The van der Waals surface area contributed by atoms with Crippen molar-refractivity contribution in [2.45, 2.75) is 321 Å². The van der Waals surface area contributed by atoms with Crippen molar-refractivity contribution in [3.8, 4) is 5.75 Å². The Hall–Kier alpha value is -13.2. The molecule has 41 nitrogen and oxygen atoms in total. The molecule has 1 saturated carbocycles. The number of H-pyrrole nitrogens is 1. The van der Waals surface area contributed by atoms with Crippen molar-refractivity contribution >= 4 is 129 Å². The third kappa shape index (κ3) is 37.3. The minimum absolute atomic E-state index is 0.00254. The molecule has 0 saturated heterocycles. The number of aliphatic carboxylic acids is 1. The minimum Gasteiger partial charge on any atom is -0.508 e. The number of primary amides is 2. The summed E-state index contributed by atoms with van der Waals surface area (Å²) < 4.78 is 0. The van der Waals surface area contributed by atoms with Crippen molar-refractivity contribution in [1.82, 2.24) is 84.7 Å². The van der Waals surface area contributed by atoms with Gasteiger partial charge in [-0.2, -0.15) is 0 Å². The Kier molecular flexibility index (Phi) is 45.7. The number of ketones is 4. The molecule has 23 N–H and O–H groups in total. The fourth-order valence-corrected chi connectivity index (χ4v) is 15.9. The normalized spacial score (nSPS) is 22.5. The number of hydrogen-bond acceptors (Lipinski definition) is 24. The molecule has 0 bridgehead atoms. The van der Waals surface area contributed by atoms with Gasteiger partial charge >= 0.3 is 5.97 Å². The number of Topliss-reactive ketones (excluding diaryl/α,β-unsaturated/α-hetero) is 4. The highest BCUT2D eigenvalue weighted by molar-refractivity contribution is 6.41. The largest absolute Gasteiger partial charge is 0.508 e. The third-order valence-corrected chi connectivity index (χ3v) is 24.9. The lowest BCUT2D eigenvalue weighted by Crippen LogP contribution is -2.65. The maximum Gasteiger partial charge on any atom is 0.303 e. The summed E-state index contributed by atoms with van der Waals surface area (Å²) >= 11 is 0. The molecule has 6 rings (SSSR count). The van der Waals surface area contributed by atoms with Crippen LogP contribution in [0.4, 0.5) is 0 Å². The Bertz CT molecular complexity index is 5020. The van der Waals surface area contributed by atoms with Gasteiger partial charge in [0, 0.05) is 75.1 Å². The number of aliphatic hydroxyl groups excluding tert-OH is 1. The minimum atomic E-state index is -2.08. The lowest BCUT2D eigenvalue weighted by molar-refractivity contribution is -0.140. The van der Waals surface area contributed by atoms with Gasteiger partial charge in [-0.15, -0.1) is 0 Å². The van der Waals surface area contributed by atoms with Gasteiger partial charge in [0.2, 0.25) is 112 Å². The molecule has 18 atom stereocenters. The second-order valence-corrected chi connectivity index (χ2v) is 37.5. The van der Waals surface area contributed by atoms with E-state index in [0.29, 0.717) is 72.5 Å². The molecule has 2 aliphatic rings. The van der Waals surface area contributed by atoms with Crippen LogP contribution in [0.2, 0.25) is 0 Å². The van der Waals surface area contributed by atoms with E-state index in [9.17, 15) is 77.6 Å². The topological polar surface area (TPSA) is 650 Å². The predicted molar refractivity (Wildman–Crippen MR) is 513 cm³/mol. The summed E-state index contributed by atoms with van der Waals surface area (Å²) in [5.41, 5.74) is 8.90. The van der Waals surface area contributed by atoms with Crippen molar-refractivity contribution in [2.24, 2.45) is 35.1 Å². The third-order valence-electron chi connectivity index (χ3n) is 24.9. The van der Waals surface area contributed by atoms with Gasteiger partial charge < -0.3 is 112 Å². The van der Waals surface area contributed by atoms with Crippen LogP contribution in [0.5, 0.6) is 5.75 Å². The van der Waals surface area contributed by atoms with Crippen molar-refractivity contribution in [3.05, 3.63) is 114 Å². The van der Waals surface area contributed by atoms with E-state index in [-0.39, 0.29) is 82.0 Å².